The normalized spacial score (nSPS) is 13.9. The lowest BCUT2D eigenvalue weighted by Crippen LogP contribution is -2.22. The molecule has 0 radical (unpaired) electrons. The molecule has 0 aromatic heterocycles. The molecule has 2 aromatic rings. The summed E-state index contributed by atoms with van der Waals surface area (Å²) in [5.74, 6) is -2.04. The molecule has 58 heavy (non-hydrogen) atoms. The second-order valence-corrected chi connectivity index (χ2v) is 16.3. The highest BCUT2D eigenvalue weighted by Crippen LogP contribution is 2.35. The Hall–Kier alpha value is -3.68. The molecule has 8 nitrogen and oxygen atoms in total. The van der Waals surface area contributed by atoms with Crippen LogP contribution in [0.25, 0.3) is 11.1 Å². The fourth-order valence-electron chi connectivity index (χ4n) is 7.37. The molecule has 5 unspecified atom stereocenters. The van der Waals surface area contributed by atoms with Gasteiger partial charge in [-0.3, -0.25) is 4.79 Å². The van der Waals surface area contributed by atoms with Crippen LogP contribution in [0.3, 0.4) is 0 Å². The minimum atomic E-state index is -0.831. The molecule has 0 bridgehead atoms. The van der Waals surface area contributed by atoms with Crippen molar-refractivity contribution in [3.05, 3.63) is 58.7 Å². The summed E-state index contributed by atoms with van der Waals surface area (Å²) in [5.41, 5.74) is 2.08. The SMILES string of the molecule is CCCCC(CC)COC(=O)c1ccc(-c2cccc(C(=O)OCC(CC)CCCC)c2C(C)C(=O)OCC(CC)CCCC)cc1C(=O)OCC(CC)CCCC. The number of benzene rings is 2. The summed E-state index contributed by atoms with van der Waals surface area (Å²) in [6.07, 6.45) is 15.8. The topological polar surface area (TPSA) is 105 Å². The predicted molar refractivity (Wildman–Crippen MR) is 235 cm³/mol. The molecule has 0 aliphatic heterocycles. The molecular formula is C50H78O8. The number of esters is 4. The van der Waals surface area contributed by atoms with Gasteiger partial charge in [0, 0.05) is 0 Å². The molecule has 0 amide bonds. The molecule has 0 fully saturated rings. The summed E-state index contributed by atoms with van der Waals surface area (Å²) >= 11 is 0. The molecule has 0 spiro atoms. The van der Waals surface area contributed by atoms with E-state index < -0.39 is 29.8 Å². The smallest absolute Gasteiger partial charge is 0.339 e. The van der Waals surface area contributed by atoms with Gasteiger partial charge < -0.3 is 18.9 Å². The van der Waals surface area contributed by atoms with E-state index in [9.17, 15) is 19.2 Å². The lowest BCUT2D eigenvalue weighted by Gasteiger charge is -2.22. The molecule has 2 aromatic carbocycles. The Kier molecular flexibility index (Phi) is 25.0. The number of unbranched alkanes of at least 4 members (excludes halogenated alkanes) is 4. The number of rotatable bonds is 30. The van der Waals surface area contributed by atoms with Crippen LogP contribution in [-0.2, 0) is 23.7 Å². The van der Waals surface area contributed by atoms with Crippen molar-refractivity contribution in [2.45, 2.75) is 171 Å². The maximum atomic E-state index is 14.0. The maximum Gasteiger partial charge on any atom is 0.339 e. The van der Waals surface area contributed by atoms with Crippen LogP contribution >= 0.6 is 0 Å². The Labute approximate surface area is 351 Å². The number of carbonyl (C=O) groups excluding carboxylic acids is 4. The molecule has 0 aliphatic carbocycles. The van der Waals surface area contributed by atoms with Crippen LogP contribution in [-0.4, -0.2) is 50.3 Å². The van der Waals surface area contributed by atoms with E-state index in [0.29, 0.717) is 23.3 Å². The number of hydrogen-bond acceptors (Lipinski definition) is 8. The summed E-state index contributed by atoms with van der Waals surface area (Å²) in [6.45, 7) is 19.8. The zero-order chi connectivity index (χ0) is 42.9. The van der Waals surface area contributed by atoms with Crippen molar-refractivity contribution in [3.63, 3.8) is 0 Å². The van der Waals surface area contributed by atoms with E-state index >= 15 is 0 Å². The highest BCUT2D eigenvalue weighted by atomic mass is 16.5. The van der Waals surface area contributed by atoms with Crippen LogP contribution in [0.5, 0.6) is 0 Å². The van der Waals surface area contributed by atoms with E-state index in [1.54, 1.807) is 37.3 Å². The van der Waals surface area contributed by atoms with Gasteiger partial charge in [0.25, 0.3) is 0 Å². The Morgan fingerprint density at radius 2 is 0.879 bits per heavy atom. The van der Waals surface area contributed by atoms with Gasteiger partial charge in [0.05, 0.1) is 49.0 Å². The Bertz CT molecular complexity index is 1510. The van der Waals surface area contributed by atoms with Crippen LogP contribution in [0, 0.1) is 23.7 Å². The third-order valence-electron chi connectivity index (χ3n) is 11.9. The molecule has 0 aliphatic rings. The quantitative estimate of drug-likeness (QED) is 0.0567. The average Bonchev–Trinajstić information content (AvgIpc) is 3.25. The molecule has 0 saturated carbocycles. The van der Waals surface area contributed by atoms with Crippen LogP contribution < -0.4 is 0 Å². The first-order valence-electron chi connectivity index (χ1n) is 23.0. The second-order valence-electron chi connectivity index (χ2n) is 16.3. The van der Waals surface area contributed by atoms with E-state index in [-0.39, 0.29) is 60.2 Å². The molecule has 5 atom stereocenters. The first kappa shape index (κ1) is 50.5. The van der Waals surface area contributed by atoms with E-state index in [1.807, 2.05) is 6.07 Å². The first-order chi connectivity index (χ1) is 28.0. The zero-order valence-electron chi connectivity index (χ0n) is 37.8. The molecular weight excluding hydrogens is 729 g/mol. The number of carbonyl (C=O) groups is 4. The summed E-state index contributed by atoms with van der Waals surface area (Å²) < 4.78 is 23.7. The molecule has 0 N–H and O–H groups in total. The van der Waals surface area contributed by atoms with Gasteiger partial charge in [-0.1, -0.05) is 151 Å². The van der Waals surface area contributed by atoms with Crippen molar-refractivity contribution >= 4 is 23.9 Å². The third kappa shape index (κ3) is 16.5. The largest absolute Gasteiger partial charge is 0.465 e. The van der Waals surface area contributed by atoms with Crippen LogP contribution in [0.2, 0.25) is 0 Å². The van der Waals surface area contributed by atoms with Crippen molar-refractivity contribution in [2.75, 3.05) is 26.4 Å². The van der Waals surface area contributed by atoms with Gasteiger partial charge in [0.15, 0.2) is 0 Å². The van der Waals surface area contributed by atoms with E-state index in [0.717, 1.165) is 103 Å². The van der Waals surface area contributed by atoms with Crippen LogP contribution in [0.15, 0.2) is 36.4 Å². The second kappa shape index (κ2) is 28.7. The minimum absolute atomic E-state index is 0.0898. The van der Waals surface area contributed by atoms with Gasteiger partial charge >= 0.3 is 23.9 Å². The molecule has 8 heteroatoms. The number of hydrogen-bond donors (Lipinski definition) is 0. The standard InChI is InChI=1S/C50H78O8/c1-10-18-23-37(14-5)32-55-47(51)36(9)46-42(27-22-28-44(46)49(53)57-34-39(16-7)25-20-12-3)41-29-30-43(48(52)56-33-38(15-6)24-19-11-2)45(31-41)50(54)58-35-40(17-8)26-21-13-4/h22,27-31,36-40H,10-21,23-26,32-35H2,1-9H3. The van der Waals surface area contributed by atoms with Crippen LogP contribution in [0.1, 0.15) is 208 Å². The fraction of sp³-hybridized carbons (Fsp3) is 0.680. The predicted octanol–water partition coefficient (Wildman–Crippen LogP) is 13.3. The monoisotopic (exact) mass is 807 g/mol. The molecule has 2 rings (SSSR count). The molecule has 326 valence electrons. The fourth-order valence-corrected chi connectivity index (χ4v) is 7.37. The maximum absolute atomic E-state index is 14.0. The summed E-state index contributed by atoms with van der Waals surface area (Å²) in [7, 11) is 0. The van der Waals surface area contributed by atoms with Crippen molar-refractivity contribution in [3.8, 4) is 11.1 Å². The molecule has 0 saturated heterocycles. The van der Waals surface area contributed by atoms with Gasteiger partial charge in [-0.25, -0.2) is 14.4 Å². The highest BCUT2D eigenvalue weighted by Gasteiger charge is 2.30. The lowest BCUT2D eigenvalue weighted by atomic mass is 9.86. The summed E-state index contributed by atoms with van der Waals surface area (Å²) in [6, 6.07) is 10.3. The number of ether oxygens (including phenoxy) is 4. The summed E-state index contributed by atoms with van der Waals surface area (Å²) in [5, 5.41) is 0. The average molecular weight is 807 g/mol. The van der Waals surface area contributed by atoms with Crippen molar-refractivity contribution in [1.29, 1.82) is 0 Å². The van der Waals surface area contributed by atoms with Gasteiger partial charge in [-0.05, 0) is 91.2 Å². The van der Waals surface area contributed by atoms with Gasteiger partial charge in [0.2, 0.25) is 0 Å². The van der Waals surface area contributed by atoms with Crippen molar-refractivity contribution in [1.82, 2.24) is 0 Å². The Morgan fingerprint density at radius 1 is 0.483 bits per heavy atom. The lowest BCUT2D eigenvalue weighted by molar-refractivity contribution is -0.146. The zero-order valence-corrected chi connectivity index (χ0v) is 37.8. The van der Waals surface area contributed by atoms with Crippen molar-refractivity contribution < 1.29 is 38.1 Å². The van der Waals surface area contributed by atoms with Gasteiger partial charge in [-0.2, -0.15) is 0 Å². The Morgan fingerprint density at radius 3 is 1.29 bits per heavy atom. The van der Waals surface area contributed by atoms with E-state index in [4.69, 9.17) is 18.9 Å². The Balaban J connectivity index is 2.69. The van der Waals surface area contributed by atoms with Gasteiger partial charge in [-0.15, -0.1) is 0 Å². The van der Waals surface area contributed by atoms with Crippen molar-refractivity contribution in [2.24, 2.45) is 23.7 Å². The van der Waals surface area contributed by atoms with E-state index in [1.165, 1.54) is 0 Å². The summed E-state index contributed by atoms with van der Waals surface area (Å²) in [4.78, 5) is 55.6. The highest BCUT2D eigenvalue weighted by molar-refractivity contribution is 6.05. The third-order valence-corrected chi connectivity index (χ3v) is 11.9. The van der Waals surface area contributed by atoms with Gasteiger partial charge in [0.1, 0.15) is 0 Å². The minimum Gasteiger partial charge on any atom is -0.465 e. The van der Waals surface area contributed by atoms with E-state index in [2.05, 4.69) is 55.4 Å². The first-order valence-corrected chi connectivity index (χ1v) is 23.0. The van der Waals surface area contributed by atoms with Crippen LogP contribution in [0.4, 0.5) is 0 Å². The molecule has 0 heterocycles.